The number of benzene rings is 1. The number of hydrogen-bond acceptors (Lipinski definition) is 5. The highest BCUT2D eigenvalue weighted by Crippen LogP contribution is 2.42. The van der Waals surface area contributed by atoms with Crippen LogP contribution < -0.4 is 4.90 Å². The molecule has 0 saturated carbocycles. The maximum atomic E-state index is 13.2. The summed E-state index contributed by atoms with van der Waals surface area (Å²) in [4.78, 5) is 27.6. The molecule has 1 N–H and O–H groups in total. The zero-order valence-electron chi connectivity index (χ0n) is 13.3. The van der Waals surface area contributed by atoms with Gasteiger partial charge < -0.3 is 10.1 Å². The van der Waals surface area contributed by atoms with Crippen LogP contribution in [-0.4, -0.2) is 52.3 Å². The van der Waals surface area contributed by atoms with Crippen LogP contribution in [0.15, 0.2) is 18.2 Å². The summed E-state index contributed by atoms with van der Waals surface area (Å²) in [6, 6.07) is 2.42. The van der Waals surface area contributed by atoms with Crippen LogP contribution in [0.2, 0.25) is 0 Å². The second-order valence-electron chi connectivity index (χ2n) is 6.67. The van der Waals surface area contributed by atoms with Gasteiger partial charge in [-0.25, -0.2) is 9.69 Å². The zero-order valence-corrected chi connectivity index (χ0v) is 13.3. The van der Waals surface area contributed by atoms with Gasteiger partial charge in [0.2, 0.25) is 0 Å². The molecule has 1 aromatic rings. The van der Waals surface area contributed by atoms with Crippen molar-refractivity contribution < 1.29 is 28.0 Å². The highest BCUT2D eigenvalue weighted by molar-refractivity contribution is 6.22. The molecule has 26 heavy (non-hydrogen) atoms. The molecule has 3 aliphatic rings. The standard InChI is InChI=1S/C16H13F3N4O3/c17-16(18,19)12-4-10(2-1-8(12)5-20)23-14(24)13-9-3-11(7-21(26)6-9)22(13)15(23)25/h1-2,4,9,11,13,26H,3,6-7H2/t9-,11+,13-/m1/s1. The lowest BCUT2D eigenvalue weighted by molar-refractivity contribution is -0.137. The summed E-state index contributed by atoms with van der Waals surface area (Å²) in [6.45, 7) is 0.423. The van der Waals surface area contributed by atoms with E-state index in [4.69, 9.17) is 5.26 Å². The number of hydrogen-bond donors (Lipinski definition) is 1. The number of hydroxylamine groups is 2. The Morgan fingerprint density at radius 1 is 1.23 bits per heavy atom. The van der Waals surface area contributed by atoms with Crippen molar-refractivity contribution in [2.45, 2.75) is 24.7 Å². The molecule has 3 saturated heterocycles. The molecule has 3 amide bonds. The zero-order chi connectivity index (χ0) is 18.8. The van der Waals surface area contributed by atoms with Crippen molar-refractivity contribution in [2.75, 3.05) is 18.0 Å². The molecule has 0 spiro atoms. The predicted octanol–water partition coefficient (Wildman–Crippen LogP) is 1.81. The lowest BCUT2D eigenvalue weighted by atomic mass is 9.95. The van der Waals surface area contributed by atoms with Crippen LogP contribution in [0.5, 0.6) is 0 Å². The molecular weight excluding hydrogens is 353 g/mol. The Morgan fingerprint density at radius 3 is 2.62 bits per heavy atom. The highest BCUT2D eigenvalue weighted by atomic mass is 19.4. The number of carbonyl (C=O) groups excluding carboxylic acids is 2. The van der Waals surface area contributed by atoms with E-state index in [9.17, 15) is 28.0 Å². The molecule has 1 aromatic carbocycles. The normalized spacial score (nSPS) is 28.5. The average molecular weight is 366 g/mol. The SMILES string of the molecule is N#Cc1ccc(N2C(=O)[C@H]3[C@@H]4C[C@@H](CN(O)C4)N3C2=O)cc1C(F)(F)F. The summed E-state index contributed by atoms with van der Waals surface area (Å²) in [6.07, 6.45) is -4.20. The molecule has 10 heteroatoms. The molecule has 0 unspecified atom stereocenters. The van der Waals surface area contributed by atoms with E-state index in [-0.39, 0.29) is 30.7 Å². The van der Waals surface area contributed by atoms with Crippen molar-refractivity contribution in [1.82, 2.24) is 9.96 Å². The van der Waals surface area contributed by atoms with Crippen LogP contribution in [-0.2, 0) is 11.0 Å². The minimum absolute atomic E-state index is 0.195. The van der Waals surface area contributed by atoms with Gasteiger partial charge in [0.05, 0.1) is 22.9 Å². The van der Waals surface area contributed by atoms with Gasteiger partial charge in [-0.05, 0) is 24.6 Å². The first-order valence-corrected chi connectivity index (χ1v) is 7.94. The van der Waals surface area contributed by atoms with E-state index in [1.165, 1.54) is 17.0 Å². The third-order valence-corrected chi connectivity index (χ3v) is 5.15. The van der Waals surface area contributed by atoms with Gasteiger partial charge in [0.25, 0.3) is 5.91 Å². The van der Waals surface area contributed by atoms with Crippen molar-refractivity contribution in [2.24, 2.45) is 5.92 Å². The smallest absolute Gasteiger partial charge is 0.314 e. The van der Waals surface area contributed by atoms with Crippen molar-refractivity contribution in [1.29, 1.82) is 5.26 Å². The van der Waals surface area contributed by atoms with Crippen molar-refractivity contribution in [3.05, 3.63) is 29.3 Å². The second-order valence-corrected chi connectivity index (χ2v) is 6.67. The maximum absolute atomic E-state index is 13.2. The Balaban J connectivity index is 1.74. The topological polar surface area (TPSA) is 87.9 Å². The number of nitriles is 1. The fourth-order valence-corrected chi connectivity index (χ4v) is 4.15. The number of halogens is 3. The fraction of sp³-hybridized carbons (Fsp3) is 0.438. The van der Waals surface area contributed by atoms with Crippen LogP contribution in [0.1, 0.15) is 17.5 Å². The number of alkyl halides is 3. The Labute approximate surface area is 145 Å². The third-order valence-electron chi connectivity index (χ3n) is 5.15. The van der Waals surface area contributed by atoms with Gasteiger partial charge in [-0.15, -0.1) is 0 Å². The largest absolute Gasteiger partial charge is 0.417 e. The Morgan fingerprint density at radius 2 is 1.96 bits per heavy atom. The number of piperidine rings is 1. The number of rotatable bonds is 1. The summed E-state index contributed by atoms with van der Waals surface area (Å²) in [7, 11) is 0. The Kier molecular flexibility index (Phi) is 3.51. The maximum Gasteiger partial charge on any atom is 0.417 e. The minimum Gasteiger partial charge on any atom is -0.314 e. The minimum atomic E-state index is -4.78. The highest BCUT2D eigenvalue weighted by Gasteiger charge is 2.59. The third kappa shape index (κ3) is 2.28. The second kappa shape index (κ2) is 5.43. The number of carbonyl (C=O) groups is 2. The molecule has 3 heterocycles. The van der Waals surface area contributed by atoms with E-state index in [1.807, 2.05) is 0 Å². The van der Waals surface area contributed by atoms with Crippen molar-refractivity contribution in [3.63, 3.8) is 0 Å². The van der Waals surface area contributed by atoms with Gasteiger partial charge in [0.1, 0.15) is 6.04 Å². The fourth-order valence-electron chi connectivity index (χ4n) is 4.15. The summed E-state index contributed by atoms with van der Waals surface area (Å²) in [5, 5.41) is 19.6. The lowest BCUT2D eigenvalue weighted by Gasteiger charge is -2.29. The molecule has 7 nitrogen and oxygen atoms in total. The van der Waals surface area contributed by atoms with E-state index in [0.29, 0.717) is 12.5 Å². The molecule has 3 aliphatic heterocycles. The molecule has 4 rings (SSSR count). The monoisotopic (exact) mass is 366 g/mol. The predicted molar refractivity (Wildman–Crippen MR) is 79.9 cm³/mol. The van der Waals surface area contributed by atoms with Crippen molar-refractivity contribution >= 4 is 17.6 Å². The first-order valence-electron chi connectivity index (χ1n) is 7.94. The van der Waals surface area contributed by atoms with E-state index in [2.05, 4.69) is 0 Å². The van der Waals surface area contributed by atoms with Crippen LogP contribution >= 0.6 is 0 Å². The molecule has 0 radical (unpaired) electrons. The van der Waals surface area contributed by atoms with Crippen LogP contribution in [0.3, 0.4) is 0 Å². The molecule has 2 bridgehead atoms. The van der Waals surface area contributed by atoms with Gasteiger partial charge in [0.15, 0.2) is 0 Å². The number of fused-ring (bicyclic) bond motifs is 5. The van der Waals surface area contributed by atoms with Gasteiger partial charge in [-0.3, -0.25) is 4.79 Å². The van der Waals surface area contributed by atoms with Crippen LogP contribution in [0.25, 0.3) is 0 Å². The molecular formula is C16H13F3N4O3. The van der Waals surface area contributed by atoms with E-state index >= 15 is 0 Å². The van der Waals surface area contributed by atoms with E-state index in [1.54, 1.807) is 0 Å². The Hall–Kier alpha value is -2.64. The number of anilines is 1. The molecule has 0 aromatic heterocycles. The summed E-state index contributed by atoms with van der Waals surface area (Å²) >= 11 is 0. The van der Waals surface area contributed by atoms with Crippen molar-refractivity contribution in [3.8, 4) is 6.07 Å². The number of nitrogens with zero attached hydrogens (tertiary/aromatic N) is 4. The Bertz CT molecular complexity index is 820. The average Bonchev–Trinajstić information content (AvgIpc) is 2.99. The molecule has 3 fully saturated rings. The summed E-state index contributed by atoms with van der Waals surface area (Å²) in [5.41, 5.74) is -1.97. The first kappa shape index (κ1) is 16.8. The number of amides is 3. The molecule has 136 valence electrons. The number of urea groups is 1. The first-order chi connectivity index (χ1) is 12.2. The summed E-state index contributed by atoms with van der Waals surface area (Å²) in [5.74, 6) is -0.865. The lowest BCUT2D eigenvalue weighted by Crippen LogP contribution is -2.45. The van der Waals surface area contributed by atoms with Crippen LogP contribution in [0.4, 0.5) is 23.7 Å². The quantitative estimate of drug-likeness (QED) is 0.766. The number of imide groups is 1. The van der Waals surface area contributed by atoms with Crippen LogP contribution in [0, 0.1) is 17.2 Å². The van der Waals surface area contributed by atoms with Gasteiger partial charge >= 0.3 is 12.2 Å². The molecule has 3 atom stereocenters. The summed E-state index contributed by atoms with van der Waals surface area (Å²) < 4.78 is 39.5. The van der Waals surface area contributed by atoms with Gasteiger partial charge in [-0.1, -0.05) is 0 Å². The van der Waals surface area contributed by atoms with E-state index < -0.39 is 35.3 Å². The van der Waals surface area contributed by atoms with Gasteiger partial charge in [-0.2, -0.15) is 23.5 Å². The van der Waals surface area contributed by atoms with E-state index in [0.717, 1.165) is 16.0 Å². The van der Waals surface area contributed by atoms with Gasteiger partial charge in [0, 0.05) is 25.0 Å². The molecule has 0 aliphatic carbocycles.